The van der Waals surface area contributed by atoms with Crippen LogP contribution in [0.3, 0.4) is 0 Å². The van der Waals surface area contributed by atoms with Crippen molar-refractivity contribution in [1.82, 2.24) is 0 Å². The lowest BCUT2D eigenvalue weighted by Gasteiger charge is -2.33. The molecule has 0 fully saturated rings. The minimum atomic E-state index is -0.792. The van der Waals surface area contributed by atoms with Crippen LogP contribution in [-0.2, 0) is 36.5 Å². The molecule has 0 saturated carbocycles. The van der Waals surface area contributed by atoms with E-state index in [0.717, 1.165) is 145 Å². The molecule has 4 aliphatic rings. The van der Waals surface area contributed by atoms with Crippen LogP contribution in [0.1, 0.15) is 277 Å². The van der Waals surface area contributed by atoms with Crippen LogP contribution in [0, 0.1) is 38.0 Å². The van der Waals surface area contributed by atoms with Crippen LogP contribution in [-0.4, -0.2) is 18.2 Å². The first kappa shape index (κ1) is 80.6. The van der Waals surface area contributed by atoms with E-state index in [1.54, 1.807) is 28.7 Å². The second-order valence-electron chi connectivity index (χ2n) is 31.8. The van der Waals surface area contributed by atoms with E-state index < -0.39 is 10.8 Å². The van der Waals surface area contributed by atoms with Crippen molar-refractivity contribution in [3.05, 3.63) is 343 Å². The Balaban J connectivity index is 0.925. The third-order valence-corrected chi connectivity index (χ3v) is 29.1. The number of thiophene rings is 4. The van der Waals surface area contributed by atoms with Crippen LogP contribution in [0.2, 0.25) is 0 Å². The molecule has 0 unspecified atom stereocenters. The molecule has 11 heteroatoms. The molecule has 0 spiro atoms. The van der Waals surface area contributed by atoms with Crippen LogP contribution in [0.25, 0.3) is 78.2 Å². The number of carbonyl (C=O) groups is 2. The Bertz CT molecular complexity index is 5690. The summed E-state index contributed by atoms with van der Waals surface area (Å²) in [5.41, 5.74) is 20.0. The fourth-order valence-corrected chi connectivity index (χ4v) is 23.5. The minimum absolute atomic E-state index is 0.0964. The van der Waals surface area contributed by atoms with Crippen LogP contribution in [0.4, 0.5) is 0 Å². The third kappa shape index (κ3) is 15.3. The highest BCUT2D eigenvalue weighted by Gasteiger charge is 2.52. The van der Waals surface area contributed by atoms with Crippen molar-refractivity contribution in [2.75, 3.05) is 6.61 Å². The monoisotopic (exact) mass is 1590 g/mol. The number of hydrogen-bond donors (Lipinski definition) is 0. The summed E-state index contributed by atoms with van der Waals surface area (Å²) in [6.45, 7) is 38.7. The lowest BCUT2D eigenvalue weighted by molar-refractivity contribution is 0.103. The van der Waals surface area contributed by atoms with Gasteiger partial charge in [-0.3, -0.25) is 9.59 Å². The molecule has 0 radical (unpaired) electrons. The fourth-order valence-electron chi connectivity index (χ4n) is 18.3. The smallest absolute Gasteiger partial charge is 0.493 e. The number of hydrogen-bond acceptors (Lipinski definition) is 8. The molecule has 582 valence electrons. The van der Waals surface area contributed by atoms with Gasteiger partial charge in [0.25, 0.3) is 5.70 Å². The quantitative estimate of drug-likeness (QED) is 0.0174. The SMILES string of the molecule is [C-]#[N+]C([N+]#[C-])=C1/C(=C/c2cc3c(s2)-c2sc(-c4cc(OCCCCCC)c(-c5cc6c(s5)-c5sc(/C=C7\C(=O)c8ccccc8\C7=C(/C#N)[N+]#[C-])cc5C6(c5ccc(CCCCCC)cc5)c5ccc(CCCCCC)cc5)cc4C)cc2C3(c2ccc(CCCCCC)cc2)c2ccc(CCCCCC)cc2)C(=O)c2ccccc21. The maximum atomic E-state index is 14.8. The van der Waals surface area contributed by atoms with E-state index in [1.165, 1.54) is 138 Å². The number of ketones is 2. The number of unbranched alkanes of at least 4 members (excludes halogenated alkanes) is 15. The van der Waals surface area contributed by atoms with Crippen molar-refractivity contribution in [3.63, 3.8) is 0 Å². The first-order chi connectivity index (χ1) is 56.9. The Kier molecular flexibility index (Phi) is 25.2. The average molecular weight is 1590 g/mol. The van der Waals surface area contributed by atoms with Gasteiger partial charge in [0.2, 0.25) is 0 Å². The normalized spacial score (nSPS) is 14.9. The molecule has 11 aromatic rings. The molecule has 7 aromatic carbocycles. The molecule has 4 aliphatic carbocycles. The number of allylic oxidation sites excluding steroid dienone is 5. The van der Waals surface area contributed by atoms with E-state index >= 15 is 0 Å². The number of ether oxygens (including phenoxy) is 1. The van der Waals surface area contributed by atoms with Gasteiger partial charge in [0.05, 0.1) is 55.2 Å². The predicted octanol–water partition coefficient (Wildman–Crippen LogP) is 30.0. The number of fused-ring (bicyclic) bond motifs is 8. The van der Waals surface area contributed by atoms with Gasteiger partial charge in [-0.2, -0.15) is 9.69 Å². The van der Waals surface area contributed by atoms with Gasteiger partial charge in [-0.1, -0.05) is 277 Å². The van der Waals surface area contributed by atoms with E-state index in [1.807, 2.05) is 77.3 Å². The van der Waals surface area contributed by atoms with Gasteiger partial charge in [-0.25, -0.2) is 10.1 Å². The van der Waals surface area contributed by atoms with Gasteiger partial charge in [-0.15, -0.1) is 45.3 Å². The molecular weight excluding hydrogens is 1490 g/mol. The molecule has 0 aliphatic heterocycles. The van der Waals surface area contributed by atoms with Crippen LogP contribution >= 0.6 is 45.3 Å². The molecule has 0 saturated heterocycles. The average Bonchev–Trinajstić information content (AvgIpc) is 1.52. The van der Waals surface area contributed by atoms with Crippen molar-refractivity contribution in [3.8, 4) is 52.2 Å². The van der Waals surface area contributed by atoms with Crippen LogP contribution in [0.5, 0.6) is 5.75 Å². The highest BCUT2D eigenvalue weighted by molar-refractivity contribution is 7.25. The van der Waals surface area contributed by atoms with Gasteiger partial charge in [-0.05, 0) is 202 Å². The molecule has 0 bridgehead atoms. The second kappa shape index (κ2) is 36.3. The van der Waals surface area contributed by atoms with E-state index in [2.05, 4.69) is 196 Å². The maximum absolute atomic E-state index is 14.8. The van der Waals surface area contributed by atoms with E-state index in [0.29, 0.717) is 51.2 Å². The second-order valence-corrected chi connectivity index (χ2v) is 36.1. The zero-order valence-electron chi connectivity index (χ0n) is 67.8. The highest BCUT2D eigenvalue weighted by atomic mass is 32.1. The van der Waals surface area contributed by atoms with Crippen molar-refractivity contribution in [2.24, 2.45) is 0 Å². The summed E-state index contributed by atoms with van der Waals surface area (Å²) in [5, 5.41) is 10.5. The molecule has 4 heterocycles. The van der Waals surface area contributed by atoms with E-state index in [9.17, 15) is 14.9 Å². The number of nitrogens with zero attached hydrogens (tertiary/aromatic N) is 4. The zero-order chi connectivity index (χ0) is 80.5. The Labute approximate surface area is 703 Å². The summed E-state index contributed by atoms with van der Waals surface area (Å²) in [5.74, 6) is 0.348. The molecule has 4 aromatic heterocycles. The first-order valence-electron chi connectivity index (χ1n) is 42.4. The molecule has 116 heavy (non-hydrogen) atoms. The largest absolute Gasteiger partial charge is 0.528 e. The fraction of sp³-hybridized carbons (Fsp3) is 0.314. The molecule has 0 amide bonds. The van der Waals surface area contributed by atoms with Crippen molar-refractivity contribution in [1.29, 1.82) is 5.26 Å². The molecule has 0 N–H and O–H groups in total. The van der Waals surface area contributed by atoms with Crippen molar-refractivity contribution >= 4 is 80.2 Å². The number of aryl methyl sites for hydroxylation is 5. The summed E-state index contributed by atoms with van der Waals surface area (Å²) < 4.78 is 7.34. The number of benzene rings is 7. The summed E-state index contributed by atoms with van der Waals surface area (Å²) in [4.78, 5) is 49.3. The van der Waals surface area contributed by atoms with Crippen molar-refractivity contribution in [2.45, 2.75) is 206 Å². The molecule has 7 nitrogen and oxygen atoms in total. The highest BCUT2D eigenvalue weighted by Crippen LogP contribution is 2.65. The number of rotatable bonds is 34. The number of nitriles is 1. The maximum Gasteiger partial charge on any atom is 0.528 e. The molecular formula is C105H100N4O3S4. The van der Waals surface area contributed by atoms with Crippen LogP contribution < -0.4 is 4.74 Å². The lowest BCUT2D eigenvalue weighted by atomic mass is 9.68. The molecule has 0 atom stereocenters. The van der Waals surface area contributed by atoms with Gasteiger partial charge in [0, 0.05) is 52.9 Å². The Morgan fingerprint density at radius 1 is 0.397 bits per heavy atom. The summed E-state index contributed by atoms with van der Waals surface area (Å²) >= 11 is 7.00. The summed E-state index contributed by atoms with van der Waals surface area (Å²) in [6.07, 6.45) is 31.1. The summed E-state index contributed by atoms with van der Waals surface area (Å²) in [7, 11) is 0. The van der Waals surface area contributed by atoms with Gasteiger partial charge >= 0.3 is 5.82 Å². The standard InChI is InChI=1S/C105H100N4O3S4/c1-10-15-20-25-34-69-42-50-73(51-43-69)104(74-52-44-70(45-53-74)35-26-21-16-11-2)88-63-78(61-86-96(103(108-8)109-9)80-39-30-32-41-82(80)98(86)111)114-99(88)101-89(104)65-93(115-101)83-64-92(112-58-33-24-19-14-5)84(59-68(83)6)94-66-90-102(116-94)100-87(62-77(113-100)60-85-95(91(67-106)107-7)79-38-29-31-40-81(79)97(85)110)105(90,75-54-46-71(47-55-75)36-27-22-17-12-3)76-56-48-72(49-57-76)37-28-23-18-13-4/h29-32,38-57,59-66H,10-28,33-37,58H2,1-6H3/b85-60-,86-61-,95-91-. The van der Waals surface area contributed by atoms with E-state index in [-0.39, 0.29) is 23.1 Å². The Hall–Kier alpha value is -10.6. The topological polar surface area (TPSA) is 80.2 Å². The first-order valence-corrected chi connectivity index (χ1v) is 45.6. The zero-order valence-corrected chi connectivity index (χ0v) is 71.1. The van der Waals surface area contributed by atoms with Gasteiger partial charge < -0.3 is 4.74 Å². The molecule has 15 rings (SSSR count). The van der Waals surface area contributed by atoms with Gasteiger partial charge in [0.1, 0.15) is 18.9 Å². The van der Waals surface area contributed by atoms with Gasteiger partial charge in [0.15, 0.2) is 11.6 Å². The van der Waals surface area contributed by atoms with Crippen molar-refractivity contribution < 1.29 is 14.3 Å². The third-order valence-electron chi connectivity index (χ3n) is 24.3. The number of Topliss-reactive ketones (excluding diaryl/α,β-unsaturated/α-hetero) is 2. The van der Waals surface area contributed by atoms with E-state index in [4.69, 9.17) is 24.5 Å². The number of carbonyl (C=O) groups excluding carboxylic acids is 2. The van der Waals surface area contributed by atoms with Crippen LogP contribution in [0.15, 0.2) is 205 Å². The summed E-state index contributed by atoms with van der Waals surface area (Å²) in [6, 6.07) is 69.1. The Morgan fingerprint density at radius 3 is 1.13 bits per heavy atom. The predicted molar refractivity (Wildman–Crippen MR) is 486 cm³/mol. The Morgan fingerprint density at radius 2 is 0.750 bits per heavy atom. The minimum Gasteiger partial charge on any atom is -0.493 e. The lowest BCUT2D eigenvalue weighted by Crippen LogP contribution is -2.28.